The Bertz CT molecular complexity index is 470. The maximum atomic E-state index is 10.8. The van der Waals surface area contributed by atoms with Crippen molar-refractivity contribution in [2.24, 2.45) is 0 Å². The smallest absolute Gasteiger partial charge is 0.339 e. The Morgan fingerprint density at radius 3 is 2.83 bits per heavy atom. The van der Waals surface area contributed by atoms with Crippen molar-refractivity contribution in [3.63, 3.8) is 0 Å². The van der Waals surface area contributed by atoms with Crippen LogP contribution >= 0.6 is 0 Å². The average molecular weight is 163 g/mol. The van der Waals surface area contributed by atoms with E-state index in [0.29, 0.717) is 11.0 Å². The minimum atomic E-state index is -0.536. The highest BCUT2D eigenvalue weighted by Gasteiger charge is 2.01. The van der Waals surface area contributed by atoms with Gasteiger partial charge >= 0.3 is 5.63 Å². The zero-order chi connectivity index (χ0) is 8.55. The van der Waals surface area contributed by atoms with Crippen LogP contribution in [0.25, 0.3) is 11.0 Å². The first-order chi connectivity index (χ1) is 5.77. The van der Waals surface area contributed by atoms with Gasteiger partial charge in [0, 0.05) is 0 Å². The Kier molecular flexibility index (Phi) is 1.37. The fourth-order valence-electron chi connectivity index (χ4n) is 1.09. The maximum Gasteiger partial charge on any atom is 0.339 e. The summed E-state index contributed by atoms with van der Waals surface area (Å²) in [6.45, 7) is 0. The number of hydrogen-bond donors (Lipinski definition) is 1. The third-order valence-electron chi connectivity index (χ3n) is 1.63. The van der Waals surface area contributed by atoms with Crippen molar-refractivity contribution in [1.82, 2.24) is 0 Å². The summed E-state index contributed by atoms with van der Waals surface area (Å²) < 4.78 is 4.83. The van der Waals surface area contributed by atoms with E-state index in [1.54, 1.807) is 24.3 Å². The molecule has 0 unspecified atom stereocenters. The summed E-state index contributed by atoms with van der Waals surface area (Å²) in [6.07, 6.45) is 0. The van der Waals surface area contributed by atoms with Crippen LogP contribution in [0.2, 0.25) is 0 Å². The predicted molar refractivity (Wildman–Crippen MR) is 44.1 cm³/mol. The van der Waals surface area contributed by atoms with Gasteiger partial charge in [-0.25, -0.2) is 4.79 Å². The lowest BCUT2D eigenvalue weighted by molar-refractivity contribution is 0.468. The molecular formula is C9H6O3. The molecule has 1 heterocycles. The van der Waals surface area contributed by atoms with Crippen LogP contribution in [0.4, 0.5) is 0 Å². The van der Waals surface area contributed by atoms with E-state index in [1.165, 1.54) is 0 Å². The molecule has 0 spiro atoms. The number of rotatable bonds is 0. The lowest BCUT2D eigenvalue weighted by atomic mass is 10.2. The van der Waals surface area contributed by atoms with Gasteiger partial charge in [0.2, 0.25) is 0 Å². The summed E-state index contributed by atoms with van der Waals surface area (Å²) in [5, 5.41) is 9.84. The van der Waals surface area contributed by atoms with Crippen molar-refractivity contribution < 1.29 is 9.52 Å². The summed E-state index contributed by atoms with van der Waals surface area (Å²) in [6, 6.07) is 7.89. The number of benzene rings is 1. The first-order valence-corrected chi connectivity index (χ1v) is 3.49. The van der Waals surface area contributed by atoms with E-state index in [9.17, 15) is 9.90 Å². The van der Waals surface area contributed by atoms with E-state index in [4.69, 9.17) is 4.42 Å². The normalized spacial score (nSPS) is 10.3. The molecule has 0 fully saturated rings. The molecule has 0 aliphatic heterocycles. The molecule has 0 saturated heterocycles. The number of aromatic hydroxyl groups is 1. The Morgan fingerprint density at radius 1 is 1.25 bits per heavy atom. The molecule has 1 N–H and O–H groups in total. The molecule has 1 aromatic heterocycles. The molecule has 2 rings (SSSR count). The van der Waals surface area contributed by atoms with Gasteiger partial charge in [-0.05, 0) is 12.1 Å². The van der Waals surface area contributed by atoms with E-state index in [1.807, 2.05) is 0 Å². The highest BCUT2D eigenvalue weighted by Crippen LogP contribution is 2.20. The molecule has 3 nitrogen and oxygen atoms in total. The molecular weight excluding hydrogens is 157 g/mol. The number of para-hydroxylation sites is 1. The third kappa shape index (κ3) is 0.955. The molecule has 0 bridgehead atoms. The monoisotopic (exact) mass is 163 g/mol. The van der Waals surface area contributed by atoms with Gasteiger partial charge in [0.25, 0.3) is 0 Å². The average Bonchev–Trinajstić information content (AvgIpc) is 2.04. The zero-order valence-electron chi connectivity index (χ0n) is 6.15. The molecule has 0 saturated carbocycles. The lowest BCUT2D eigenvalue weighted by Gasteiger charge is -1.96. The standard InChI is InChI=1S/C9H6O3/c10-7-5-9(11)12-8-4-2-1-3-6(7)8/h1-5,10H/i9+1. The fraction of sp³-hybridized carbons (Fsp3) is 0. The molecule has 3 heteroatoms. The fourth-order valence-corrected chi connectivity index (χ4v) is 1.09. The summed E-state index contributed by atoms with van der Waals surface area (Å²) in [7, 11) is 0. The van der Waals surface area contributed by atoms with Gasteiger partial charge in [-0.1, -0.05) is 12.1 Å². The molecule has 0 aliphatic carbocycles. The van der Waals surface area contributed by atoms with Crippen LogP contribution in [0.3, 0.4) is 0 Å². The van der Waals surface area contributed by atoms with Crippen LogP contribution in [0, 0.1) is 0 Å². The van der Waals surface area contributed by atoms with Gasteiger partial charge in [0.05, 0.1) is 11.5 Å². The maximum absolute atomic E-state index is 10.8. The van der Waals surface area contributed by atoms with Crippen molar-refractivity contribution in [3.8, 4) is 5.75 Å². The van der Waals surface area contributed by atoms with Gasteiger partial charge in [-0.2, -0.15) is 0 Å². The SMILES string of the molecule is O=[13c]1cc(O)c2ccccc2o1. The number of fused-ring (bicyclic) bond motifs is 1. The molecule has 0 aliphatic rings. The molecule has 1 aromatic carbocycles. The molecule has 2 aromatic rings. The highest BCUT2D eigenvalue weighted by atomic mass is 16.5. The van der Waals surface area contributed by atoms with E-state index in [-0.39, 0.29) is 5.75 Å². The Hall–Kier alpha value is -1.77. The lowest BCUT2D eigenvalue weighted by Crippen LogP contribution is -1.94. The van der Waals surface area contributed by atoms with Crippen molar-refractivity contribution in [1.29, 1.82) is 0 Å². The van der Waals surface area contributed by atoms with Crippen LogP contribution < -0.4 is 5.63 Å². The van der Waals surface area contributed by atoms with Crippen LogP contribution in [-0.2, 0) is 0 Å². The topological polar surface area (TPSA) is 50.4 Å². The highest BCUT2D eigenvalue weighted by molar-refractivity contribution is 5.82. The van der Waals surface area contributed by atoms with Crippen molar-refractivity contribution >= 4 is 11.0 Å². The van der Waals surface area contributed by atoms with Crippen LogP contribution in [-0.4, -0.2) is 5.11 Å². The van der Waals surface area contributed by atoms with E-state index < -0.39 is 5.63 Å². The van der Waals surface area contributed by atoms with Crippen molar-refractivity contribution in [2.75, 3.05) is 0 Å². The molecule has 0 radical (unpaired) electrons. The second-order valence-corrected chi connectivity index (χ2v) is 2.45. The van der Waals surface area contributed by atoms with Crippen LogP contribution in [0.5, 0.6) is 5.75 Å². The largest absolute Gasteiger partial charge is 0.507 e. The van der Waals surface area contributed by atoms with E-state index in [0.717, 1.165) is 6.07 Å². The molecule has 0 atom stereocenters. The first-order valence-electron chi connectivity index (χ1n) is 3.49. The van der Waals surface area contributed by atoms with Gasteiger partial charge in [-0.3, -0.25) is 0 Å². The summed E-state index contributed by atoms with van der Waals surface area (Å²) in [5.74, 6) is -0.0400. The quantitative estimate of drug-likeness (QED) is 0.598. The predicted octanol–water partition coefficient (Wildman–Crippen LogP) is 1.50. The number of hydrogen-bond acceptors (Lipinski definition) is 3. The van der Waals surface area contributed by atoms with Crippen LogP contribution in [0.15, 0.2) is 39.5 Å². The van der Waals surface area contributed by atoms with Crippen LogP contribution in [0.1, 0.15) is 0 Å². The summed E-state index contributed by atoms with van der Waals surface area (Å²) in [5.41, 5.74) is -0.131. The zero-order valence-corrected chi connectivity index (χ0v) is 6.15. The van der Waals surface area contributed by atoms with Gasteiger partial charge < -0.3 is 9.52 Å². The van der Waals surface area contributed by atoms with Gasteiger partial charge in [-0.15, -0.1) is 0 Å². The first kappa shape index (κ1) is 6.91. The Balaban J connectivity index is 2.99. The minimum absolute atomic E-state index is 0.0400. The second kappa shape index (κ2) is 2.37. The Morgan fingerprint density at radius 2 is 2.00 bits per heavy atom. The molecule has 0 amide bonds. The van der Waals surface area contributed by atoms with Gasteiger partial charge in [0.1, 0.15) is 11.3 Å². The second-order valence-electron chi connectivity index (χ2n) is 2.45. The van der Waals surface area contributed by atoms with Crippen molar-refractivity contribution in [3.05, 3.63) is 40.8 Å². The van der Waals surface area contributed by atoms with Crippen molar-refractivity contribution in [2.45, 2.75) is 0 Å². The summed E-state index contributed by atoms with van der Waals surface area (Å²) >= 11 is 0. The summed E-state index contributed by atoms with van der Waals surface area (Å²) in [4.78, 5) is 10.8. The minimum Gasteiger partial charge on any atom is -0.507 e. The Labute approximate surface area is 67.9 Å². The molecule has 60 valence electrons. The van der Waals surface area contributed by atoms with E-state index >= 15 is 0 Å². The molecule has 12 heavy (non-hydrogen) atoms. The van der Waals surface area contributed by atoms with Gasteiger partial charge in [0.15, 0.2) is 0 Å². The third-order valence-corrected chi connectivity index (χ3v) is 1.63. The van der Waals surface area contributed by atoms with E-state index in [2.05, 4.69) is 0 Å².